The number of sulfone groups is 1. The first-order valence-corrected chi connectivity index (χ1v) is 8.14. The van der Waals surface area contributed by atoms with Gasteiger partial charge in [-0.3, -0.25) is 4.79 Å². The molecule has 0 aromatic carbocycles. The lowest BCUT2D eigenvalue weighted by atomic mass is 10.1. The van der Waals surface area contributed by atoms with Crippen LogP contribution in [-0.4, -0.2) is 41.8 Å². The summed E-state index contributed by atoms with van der Waals surface area (Å²) in [5, 5.41) is 2.86. The lowest BCUT2D eigenvalue weighted by Crippen LogP contribution is -2.41. The molecular formula is C12H17N3O3S. The molecule has 104 valence electrons. The van der Waals surface area contributed by atoms with Crippen molar-refractivity contribution in [1.82, 2.24) is 15.3 Å². The highest BCUT2D eigenvalue weighted by Crippen LogP contribution is 2.13. The van der Waals surface area contributed by atoms with Crippen LogP contribution in [0.5, 0.6) is 0 Å². The summed E-state index contributed by atoms with van der Waals surface area (Å²) < 4.78 is 22.6. The van der Waals surface area contributed by atoms with Crippen molar-refractivity contribution >= 4 is 15.7 Å². The molecule has 0 radical (unpaired) electrons. The van der Waals surface area contributed by atoms with Gasteiger partial charge in [0.25, 0.3) is 5.91 Å². The number of amides is 1. The van der Waals surface area contributed by atoms with Crippen LogP contribution in [0.15, 0.2) is 12.5 Å². The molecule has 0 bridgehead atoms. The van der Waals surface area contributed by atoms with E-state index in [9.17, 15) is 13.2 Å². The van der Waals surface area contributed by atoms with Gasteiger partial charge in [0.2, 0.25) is 0 Å². The Morgan fingerprint density at radius 2 is 2.11 bits per heavy atom. The van der Waals surface area contributed by atoms with Crippen molar-refractivity contribution in [3.8, 4) is 0 Å². The van der Waals surface area contributed by atoms with Gasteiger partial charge in [0.15, 0.2) is 0 Å². The second-order valence-corrected chi connectivity index (χ2v) is 6.94. The molecule has 0 atom stereocenters. The van der Waals surface area contributed by atoms with Gasteiger partial charge < -0.3 is 5.32 Å². The Bertz CT molecular complexity index is 557. The summed E-state index contributed by atoms with van der Waals surface area (Å²) >= 11 is 0. The van der Waals surface area contributed by atoms with E-state index < -0.39 is 9.84 Å². The van der Waals surface area contributed by atoms with Crippen LogP contribution in [0.1, 0.15) is 35.8 Å². The molecule has 6 nitrogen and oxygen atoms in total. The van der Waals surface area contributed by atoms with Crippen molar-refractivity contribution in [2.75, 3.05) is 11.5 Å². The third kappa shape index (κ3) is 3.50. The van der Waals surface area contributed by atoms with E-state index in [0.717, 1.165) is 0 Å². The van der Waals surface area contributed by atoms with Crippen molar-refractivity contribution in [3.05, 3.63) is 23.8 Å². The van der Waals surface area contributed by atoms with Gasteiger partial charge in [-0.15, -0.1) is 0 Å². The Kier molecular flexibility index (Phi) is 4.14. The predicted molar refractivity (Wildman–Crippen MR) is 70.6 cm³/mol. The van der Waals surface area contributed by atoms with Gasteiger partial charge in [0.05, 0.1) is 22.8 Å². The Morgan fingerprint density at radius 1 is 1.42 bits per heavy atom. The average Bonchev–Trinajstić information content (AvgIpc) is 2.41. The molecule has 0 aliphatic carbocycles. The summed E-state index contributed by atoms with van der Waals surface area (Å²) in [5.74, 6) is 0.0649. The number of nitrogens with zero attached hydrogens (tertiary/aromatic N) is 2. The Balaban J connectivity index is 2.02. The first kappa shape index (κ1) is 13.9. The van der Waals surface area contributed by atoms with Gasteiger partial charge in [0.1, 0.15) is 16.2 Å². The second kappa shape index (κ2) is 5.64. The highest BCUT2D eigenvalue weighted by molar-refractivity contribution is 7.91. The SMILES string of the molecule is CCc1ncncc1C(=O)NC1CCS(=O)(=O)CC1. The number of nitrogens with one attached hydrogen (secondary N) is 1. The first-order valence-electron chi connectivity index (χ1n) is 6.32. The molecule has 0 spiro atoms. The normalized spacial score (nSPS) is 19.0. The summed E-state index contributed by atoms with van der Waals surface area (Å²) in [4.78, 5) is 20.0. The smallest absolute Gasteiger partial charge is 0.254 e. The monoisotopic (exact) mass is 283 g/mol. The van der Waals surface area contributed by atoms with E-state index in [1.807, 2.05) is 6.92 Å². The van der Waals surface area contributed by atoms with Crippen molar-refractivity contribution in [3.63, 3.8) is 0 Å². The molecule has 1 aromatic rings. The summed E-state index contributed by atoms with van der Waals surface area (Å²) in [7, 11) is -2.90. The molecule has 19 heavy (non-hydrogen) atoms. The van der Waals surface area contributed by atoms with Gasteiger partial charge >= 0.3 is 0 Å². The van der Waals surface area contributed by atoms with Gasteiger partial charge in [-0.05, 0) is 19.3 Å². The average molecular weight is 283 g/mol. The number of carbonyl (C=O) groups is 1. The van der Waals surface area contributed by atoms with E-state index in [1.165, 1.54) is 12.5 Å². The number of hydrogen-bond donors (Lipinski definition) is 1. The molecule has 1 amide bonds. The van der Waals surface area contributed by atoms with Gasteiger partial charge in [-0.25, -0.2) is 18.4 Å². The minimum absolute atomic E-state index is 0.0825. The highest BCUT2D eigenvalue weighted by Gasteiger charge is 2.25. The minimum atomic E-state index is -2.90. The molecule has 7 heteroatoms. The van der Waals surface area contributed by atoms with E-state index in [4.69, 9.17) is 0 Å². The third-order valence-corrected chi connectivity index (χ3v) is 4.98. The molecule has 2 rings (SSSR count). The molecule has 0 saturated carbocycles. The van der Waals surface area contributed by atoms with Crippen molar-refractivity contribution in [2.45, 2.75) is 32.2 Å². The Labute approximate surface area is 112 Å². The summed E-state index contributed by atoms with van der Waals surface area (Å²) in [6.07, 6.45) is 4.53. The number of aryl methyl sites for hydroxylation is 1. The third-order valence-electron chi connectivity index (χ3n) is 3.26. The molecule has 0 unspecified atom stereocenters. The molecule has 1 fully saturated rings. The Morgan fingerprint density at radius 3 is 2.74 bits per heavy atom. The zero-order chi connectivity index (χ0) is 13.9. The standard InChI is InChI=1S/C12H17N3O3S/c1-2-11-10(7-13-8-14-11)12(16)15-9-3-5-19(17,18)6-4-9/h7-9H,2-6H2,1H3,(H,15,16). The molecule has 1 aliphatic rings. The maximum absolute atomic E-state index is 12.1. The van der Waals surface area contributed by atoms with Crippen LogP contribution in [0.4, 0.5) is 0 Å². The van der Waals surface area contributed by atoms with Crippen LogP contribution in [0.25, 0.3) is 0 Å². The summed E-state index contributed by atoms with van der Waals surface area (Å²) in [6, 6.07) is -0.0825. The molecule has 1 saturated heterocycles. The predicted octanol–water partition coefficient (Wildman–Crippen LogP) is 0.346. The zero-order valence-corrected chi connectivity index (χ0v) is 11.6. The minimum Gasteiger partial charge on any atom is -0.349 e. The Hall–Kier alpha value is -1.50. The van der Waals surface area contributed by atoms with E-state index >= 15 is 0 Å². The highest BCUT2D eigenvalue weighted by atomic mass is 32.2. The number of aromatic nitrogens is 2. The van der Waals surface area contributed by atoms with Crippen molar-refractivity contribution < 1.29 is 13.2 Å². The van der Waals surface area contributed by atoms with Gasteiger partial charge in [-0.2, -0.15) is 0 Å². The topological polar surface area (TPSA) is 89.0 Å². The summed E-state index contributed by atoms with van der Waals surface area (Å²) in [5.41, 5.74) is 1.18. The van der Waals surface area contributed by atoms with E-state index in [2.05, 4.69) is 15.3 Å². The van der Waals surface area contributed by atoms with Crippen LogP contribution in [0.2, 0.25) is 0 Å². The molecule has 2 heterocycles. The first-order chi connectivity index (χ1) is 9.02. The number of carbonyl (C=O) groups excluding carboxylic acids is 1. The maximum atomic E-state index is 12.1. The van der Waals surface area contributed by atoms with Gasteiger partial charge in [-0.1, -0.05) is 6.92 Å². The van der Waals surface area contributed by atoms with Crippen LogP contribution >= 0.6 is 0 Å². The maximum Gasteiger partial charge on any atom is 0.254 e. The fourth-order valence-corrected chi connectivity index (χ4v) is 3.62. The summed E-state index contributed by atoms with van der Waals surface area (Å²) in [6.45, 7) is 1.92. The largest absolute Gasteiger partial charge is 0.349 e. The van der Waals surface area contributed by atoms with E-state index in [1.54, 1.807) is 0 Å². The van der Waals surface area contributed by atoms with E-state index in [-0.39, 0.29) is 23.5 Å². The number of hydrogen-bond acceptors (Lipinski definition) is 5. The molecular weight excluding hydrogens is 266 g/mol. The fraction of sp³-hybridized carbons (Fsp3) is 0.583. The fourth-order valence-electron chi connectivity index (χ4n) is 2.12. The van der Waals surface area contributed by atoms with Crippen molar-refractivity contribution in [2.24, 2.45) is 0 Å². The number of rotatable bonds is 3. The van der Waals surface area contributed by atoms with E-state index in [0.29, 0.717) is 30.5 Å². The molecule has 1 aliphatic heterocycles. The van der Waals surface area contributed by atoms with Crippen LogP contribution in [0.3, 0.4) is 0 Å². The zero-order valence-electron chi connectivity index (χ0n) is 10.8. The van der Waals surface area contributed by atoms with Gasteiger partial charge in [0, 0.05) is 12.2 Å². The molecule has 1 aromatic heterocycles. The van der Waals surface area contributed by atoms with Crippen LogP contribution in [-0.2, 0) is 16.3 Å². The van der Waals surface area contributed by atoms with Crippen LogP contribution in [0, 0.1) is 0 Å². The molecule has 1 N–H and O–H groups in total. The lowest BCUT2D eigenvalue weighted by molar-refractivity contribution is 0.0932. The lowest BCUT2D eigenvalue weighted by Gasteiger charge is -2.23. The van der Waals surface area contributed by atoms with Crippen molar-refractivity contribution in [1.29, 1.82) is 0 Å². The van der Waals surface area contributed by atoms with Crippen LogP contribution < -0.4 is 5.32 Å². The second-order valence-electron chi connectivity index (χ2n) is 4.64. The quantitative estimate of drug-likeness (QED) is 0.864.